The molecule has 0 spiro atoms. The van der Waals surface area contributed by atoms with Gasteiger partial charge in [-0.25, -0.2) is 0 Å². The number of amides is 2. The third-order valence-corrected chi connectivity index (χ3v) is 8.15. The van der Waals surface area contributed by atoms with Gasteiger partial charge in [0.1, 0.15) is 16.8 Å². The Morgan fingerprint density at radius 1 is 1.20 bits per heavy atom. The van der Waals surface area contributed by atoms with Crippen LogP contribution in [0.4, 0.5) is 0 Å². The van der Waals surface area contributed by atoms with Crippen molar-refractivity contribution in [2.45, 2.75) is 63.2 Å². The molecule has 2 unspecified atom stereocenters. The lowest BCUT2D eigenvalue weighted by molar-refractivity contribution is -0.139. The number of carbonyl (C=O) groups excluding carboxylic acids is 2. The van der Waals surface area contributed by atoms with E-state index in [4.69, 9.17) is 33.7 Å². The summed E-state index contributed by atoms with van der Waals surface area (Å²) in [4.78, 5) is 40.7. The monoisotopic (exact) mass is 592 g/mol. The highest BCUT2D eigenvalue weighted by Gasteiger charge is 2.30. The molecule has 0 bridgehead atoms. The number of likely N-dealkylation sites (tertiary alicyclic amines) is 1. The summed E-state index contributed by atoms with van der Waals surface area (Å²) < 4.78 is 5.35. The highest BCUT2D eigenvalue weighted by molar-refractivity contribution is 6.43. The minimum absolute atomic E-state index is 0.0122. The molecular formula is C29H38Cl2N4O5. The lowest BCUT2D eigenvalue weighted by Gasteiger charge is -2.32. The van der Waals surface area contributed by atoms with Crippen molar-refractivity contribution in [2.75, 3.05) is 26.7 Å². The van der Waals surface area contributed by atoms with E-state index < -0.39 is 17.9 Å². The molecule has 1 fully saturated rings. The lowest BCUT2D eigenvalue weighted by Crippen LogP contribution is -2.48. The molecule has 4 N–H and O–H groups in total. The van der Waals surface area contributed by atoms with Gasteiger partial charge in [0.25, 0.3) is 0 Å². The maximum atomic E-state index is 13.3. The smallest absolute Gasteiger partial charge is 0.303 e. The standard InChI is InChI=1S/C29H38Cl2N4O5/c1-40-28-21(8-10-24(30)27(28)31)17-33-29(39)25(11-12-26(37)38)35(19-36)16-14-23(34-15-13-22(32)18-34)9-7-20-5-3-2-4-6-20/h2-6,8,10,19,22-23,25H,7,9,11-18,32H2,1H3,(H,33,39)(H,37,38)/t22?,23?,25-/m1/s1. The molecule has 0 radical (unpaired) electrons. The van der Waals surface area contributed by atoms with Gasteiger partial charge in [-0.15, -0.1) is 0 Å². The SMILES string of the molecule is COc1c(CNC(=O)[C@@H](CCC(=O)O)N(C=O)CCC(CCc2ccccc2)N2CCC(N)C2)ccc(Cl)c1Cl. The van der Waals surface area contributed by atoms with Gasteiger partial charge in [-0.2, -0.15) is 0 Å². The quantitative estimate of drug-likeness (QED) is 0.253. The summed E-state index contributed by atoms with van der Waals surface area (Å²) in [7, 11) is 1.45. The third kappa shape index (κ3) is 9.09. The number of hydrogen-bond acceptors (Lipinski definition) is 6. The molecule has 0 aromatic heterocycles. The number of carboxylic acid groups (broad SMARTS) is 1. The van der Waals surface area contributed by atoms with Crippen LogP contribution >= 0.6 is 23.2 Å². The number of hydrogen-bond donors (Lipinski definition) is 3. The third-order valence-electron chi connectivity index (χ3n) is 7.36. The Balaban J connectivity index is 1.70. The predicted octanol–water partition coefficient (Wildman–Crippen LogP) is 3.73. The summed E-state index contributed by atoms with van der Waals surface area (Å²) in [6.07, 6.45) is 3.69. The molecule has 11 heteroatoms. The average Bonchev–Trinajstić information content (AvgIpc) is 3.38. The number of benzene rings is 2. The molecule has 9 nitrogen and oxygen atoms in total. The number of carbonyl (C=O) groups is 3. The largest absolute Gasteiger partial charge is 0.495 e. The van der Waals surface area contributed by atoms with E-state index in [2.05, 4.69) is 22.3 Å². The van der Waals surface area contributed by atoms with E-state index in [0.29, 0.717) is 35.7 Å². The number of ether oxygens (including phenoxy) is 1. The van der Waals surface area contributed by atoms with Crippen LogP contribution in [0.1, 0.15) is 43.2 Å². The van der Waals surface area contributed by atoms with Gasteiger partial charge < -0.3 is 25.8 Å². The molecule has 1 aliphatic heterocycles. The van der Waals surface area contributed by atoms with Crippen molar-refractivity contribution in [2.24, 2.45) is 5.73 Å². The van der Waals surface area contributed by atoms with Crippen LogP contribution in [0.5, 0.6) is 5.75 Å². The fourth-order valence-corrected chi connectivity index (χ4v) is 5.56. The van der Waals surface area contributed by atoms with E-state index in [-0.39, 0.29) is 36.5 Å². The number of nitrogens with zero attached hydrogens (tertiary/aromatic N) is 2. The van der Waals surface area contributed by atoms with Crippen LogP contribution in [0, 0.1) is 0 Å². The number of rotatable bonds is 16. The number of nitrogens with two attached hydrogens (primary N) is 1. The van der Waals surface area contributed by atoms with Gasteiger partial charge in [0.15, 0.2) is 0 Å². The van der Waals surface area contributed by atoms with Crippen molar-refractivity contribution in [1.29, 1.82) is 0 Å². The lowest BCUT2D eigenvalue weighted by atomic mass is 10.0. The van der Waals surface area contributed by atoms with Crippen LogP contribution in [-0.4, -0.2) is 78.1 Å². The number of carboxylic acids is 1. The molecule has 1 aliphatic rings. The number of aryl methyl sites for hydroxylation is 1. The number of aliphatic carboxylic acids is 1. The first-order chi connectivity index (χ1) is 19.2. The van der Waals surface area contributed by atoms with Crippen molar-refractivity contribution in [3.8, 4) is 5.75 Å². The van der Waals surface area contributed by atoms with Gasteiger partial charge in [0.05, 0.1) is 12.1 Å². The summed E-state index contributed by atoms with van der Waals surface area (Å²) in [5.74, 6) is -1.15. The Labute approximate surface area is 245 Å². The molecule has 1 saturated heterocycles. The molecule has 3 atom stereocenters. The highest BCUT2D eigenvalue weighted by Crippen LogP contribution is 2.35. The summed E-state index contributed by atoms with van der Waals surface area (Å²) >= 11 is 12.3. The fraction of sp³-hybridized carbons (Fsp3) is 0.483. The van der Waals surface area contributed by atoms with Crippen LogP contribution in [0.2, 0.25) is 10.0 Å². The summed E-state index contributed by atoms with van der Waals surface area (Å²) in [5, 5.41) is 12.7. The maximum absolute atomic E-state index is 13.3. The van der Waals surface area contributed by atoms with Crippen molar-refractivity contribution in [3.05, 3.63) is 63.6 Å². The predicted molar refractivity (Wildman–Crippen MR) is 156 cm³/mol. The second-order valence-electron chi connectivity index (χ2n) is 10.1. The van der Waals surface area contributed by atoms with Crippen molar-refractivity contribution >= 4 is 41.5 Å². The number of halogens is 2. The summed E-state index contributed by atoms with van der Waals surface area (Å²) in [5.41, 5.74) is 8.03. The van der Waals surface area contributed by atoms with Gasteiger partial charge in [0, 0.05) is 50.2 Å². The van der Waals surface area contributed by atoms with E-state index in [9.17, 15) is 19.5 Å². The van der Waals surface area contributed by atoms with Gasteiger partial charge >= 0.3 is 5.97 Å². The zero-order chi connectivity index (χ0) is 29.1. The van der Waals surface area contributed by atoms with Crippen LogP contribution < -0.4 is 15.8 Å². The van der Waals surface area contributed by atoms with Crippen LogP contribution in [0.15, 0.2) is 42.5 Å². The molecule has 2 amide bonds. The Kier molecular flexibility index (Phi) is 12.5. The van der Waals surface area contributed by atoms with Gasteiger partial charge in [-0.05, 0) is 43.7 Å². The molecule has 0 aliphatic carbocycles. The first kappa shape index (κ1) is 31.7. The Morgan fingerprint density at radius 2 is 1.95 bits per heavy atom. The second-order valence-corrected chi connectivity index (χ2v) is 10.9. The minimum atomic E-state index is -1.04. The average molecular weight is 594 g/mol. The molecule has 218 valence electrons. The van der Waals surface area contributed by atoms with Crippen molar-refractivity contribution in [1.82, 2.24) is 15.1 Å². The van der Waals surface area contributed by atoms with Crippen LogP contribution in [0.3, 0.4) is 0 Å². The molecule has 2 aromatic rings. The molecule has 0 saturated carbocycles. The number of nitrogens with one attached hydrogen (secondary N) is 1. The normalized spacial score (nSPS) is 16.8. The number of methoxy groups -OCH3 is 1. The Hall–Kier alpha value is -2.85. The summed E-state index contributed by atoms with van der Waals surface area (Å²) in [6.45, 7) is 2.05. The molecule has 1 heterocycles. The van der Waals surface area contributed by atoms with Gasteiger partial charge in [-0.3, -0.25) is 19.3 Å². The van der Waals surface area contributed by atoms with Gasteiger partial charge in [0.2, 0.25) is 12.3 Å². The Bertz CT molecular complexity index is 1140. The highest BCUT2D eigenvalue weighted by atomic mass is 35.5. The maximum Gasteiger partial charge on any atom is 0.303 e. The van der Waals surface area contributed by atoms with Crippen LogP contribution in [-0.2, 0) is 27.3 Å². The van der Waals surface area contributed by atoms with Crippen molar-refractivity contribution in [3.63, 3.8) is 0 Å². The van der Waals surface area contributed by atoms with E-state index in [1.54, 1.807) is 12.1 Å². The minimum Gasteiger partial charge on any atom is -0.495 e. The second kappa shape index (κ2) is 15.8. The molecule has 40 heavy (non-hydrogen) atoms. The fourth-order valence-electron chi connectivity index (χ4n) is 5.15. The first-order valence-electron chi connectivity index (χ1n) is 13.5. The molecular weight excluding hydrogens is 555 g/mol. The van der Waals surface area contributed by atoms with E-state index in [1.165, 1.54) is 17.6 Å². The van der Waals surface area contributed by atoms with E-state index in [0.717, 1.165) is 32.4 Å². The van der Waals surface area contributed by atoms with Crippen LogP contribution in [0.25, 0.3) is 0 Å². The first-order valence-corrected chi connectivity index (χ1v) is 14.2. The topological polar surface area (TPSA) is 125 Å². The molecule has 3 rings (SSSR count). The summed E-state index contributed by atoms with van der Waals surface area (Å²) in [6, 6.07) is 12.9. The zero-order valence-corrected chi connectivity index (χ0v) is 24.2. The van der Waals surface area contributed by atoms with E-state index >= 15 is 0 Å². The molecule has 2 aromatic carbocycles. The van der Waals surface area contributed by atoms with Gasteiger partial charge in [-0.1, -0.05) is 59.6 Å². The zero-order valence-electron chi connectivity index (χ0n) is 22.7. The van der Waals surface area contributed by atoms with E-state index in [1.807, 2.05) is 18.2 Å². The Morgan fingerprint density at radius 3 is 2.58 bits per heavy atom. The van der Waals surface area contributed by atoms with Crippen molar-refractivity contribution < 1.29 is 24.2 Å².